The largest absolute Gasteiger partial charge is 0.494 e. The molecule has 0 spiro atoms. The molecule has 2 N–H and O–H groups in total. The molecule has 30 heavy (non-hydrogen) atoms. The maximum Gasteiger partial charge on any atom is 0.255 e. The van der Waals surface area contributed by atoms with Crippen LogP contribution in [0.2, 0.25) is 5.02 Å². The fourth-order valence-electron chi connectivity index (χ4n) is 3.17. The molecule has 0 saturated carbocycles. The molecule has 1 aromatic heterocycles. The standard InChI is InChI=1S/C24H22ClN3O2/c1-3-10-30-19-9-5-7-17(13-19)24(29)26-18-8-4-6-16(12-18)23-27-21-11-15(2)20(25)14-22(21)28-23/h4-9,11-14H,3,10H2,1-2H3,(H,26,29)(H,27,28). The normalized spacial score (nSPS) is 10.9. The van der Waals surface area contributed by atoms with Crippen LogP contribution in [-0.4, -0.2) is 22.5 Å². The van der Waals surface area contributed by atoms with Gasteiger partial charge in [-0.2, -0.15) is 0 Å². The predicted octanol–water partition coefficient (Wildman–Crippen LogP) is 6.23. The third-order valence-corrected chi connectivity index (χ3v) is 5.13. The molecule has 0 unspecified atom stereocenters. The summed E-state index contributed by atoms with van der Waals surface area (Å²) in [5.41, 5.74) is 4.82. The second-order valence-corrected chi connectivity index (χ2v) is 7.52. The van der Waals surface area contributed by atoms with Crippen molar-refractivity contribution >= 4 is 34.2 Å². The van der Waals surface area contributed by atoms with Crippen molar-refractivity contribution in [2.45, 2.75) is 20.3 Å². The molecule has 152 valence electrons. The number of nitrogens with one attached hydrogen (secondary N) is 2. The summed E-state index contributed by atoms with van der Waals surface area (Å²) in [5.74, 6) is 1.22. The summed E-state index contributed by atoms with van der Waals surface area (Å²) in [5, 5.41) is 3.63. The number of benzene rings is 3. The molecule has 0 bridgehead atoms. The third kappa shape index (κ3) is 4.31. The number of aromatic amines is 1. The highest BCUT2D eigenvalue weighted by Crippen LogP contribution is 2.27. The molecule has 0 fully saturated rings. The summed E-state index contributed by atoms with van der Waals surface area (Å²) < 4.78 is 5.62. The van der Waals surface area contributed by atoms with E-state index in [4.69, 9.17) is 16.3 Å². The van der Waals surface area contributed by atoms with Gasteiger partial charge in [0, 0.05) is 21.8 Å². The van der Waals surface area contributed by atoms with Crippen LogP contribution in [0.5, 0.6) is 5.75 Å². The van der Waals surface area contributed by atoms with E-state index in [2.05, 4.69) is 15.3 Å². The van der Waals surface area contributed by atoms with Gasteiger partial charge in [-0.3, -0.25) is 4.79 Å². The Labute approximate surface area is 180 Å². The van der Waals surface area contributed by atoms with E-state index in [1.54, 1.807) is 12.1 Å². The minimum atomic E-state index is -0.193. The van der Waals surface area contributed by atoms with Crippen LogP contribution in [0.3, 0.4) is 0 Å². The summed E-state index contributed by atoms with van der Waals surface area (Å²) in [4.78, 5) is 20.7. The first-order valence-electron chi connectivity index (χ1n) is 9.84. The summed E-state index contributed by atoms with van der Waals surface area (Å²) >= 11 is 6.21. The molecule has 1 amide bonds. The van der Waals surface area contributed by atoms with E-state index in [1.165, 1.54) is 0 Å². The Morgan fingerprint density at radius 3 is 2.80 bits per heavy atom. The fourth-order valence-corrected chi connectivity index (χ4v) is 3.33. The molecule has 1 heterocycles. The Morgan fingerprint density at radius 2 is 1.97 bits per heavy atom. The fraction of sp³-hybridized carbons (Fsp3) is 0.167. The van der Waals surface area contributed by atoms with Crippen LogP contribution in [-0.2, 0) is 0 Å². The van der Waals surface area contributed by atoms with Crippen molar-refractivity contribution in [3.63, 3.8) is 0 Å². The highest BCUT2D eigenvalue weighted by Gasteiger charge is 2.11. The van der Waals surface area contributed by atoms with Crippen molar-refractivity contribution < 1.29 is 9.53 Å². The van der Waals surface area contributed by atoms with Gasteiger partial charge in [-0.25, -0.2) is 4.98 Å². The van der Waals surface area contributed by atoms with Crippen molar-refractivity contribution in [3.8, 4) is 17.1 Å². The number of imidazole rings is 1. The van der Waals surface area contributed by atoms with Gasteiger partial charge >= 0.3 is 0 Å². The van der Waals surface area contributed by atoms with E-state index in [-0.39, 0.29) is 5.91 Å². The zero-order chi connectivity index (χ0) is 21.1. The molecule has 0 saturated heterocycles. The minimum Gasteiger partial charge on any atom is -0.494 e. The van der Waals surface area contributed by atoms with Crippen molar-refractivity contribution in [1.29, 1.82) is 0 Å². The number of amides is 1. The third-order valence-electron chi connectivity index (χ3n) is 4.73. The number of rotatable bonds is 6. The number of aryl methyl sites for hydroxylation is 1. The number of hydrogen-bond acceptors (Lipinski definition) is 3. The highest BCUT2D eigenvalue weighted by atomic mass is 35.5. The van der Waals surface area contributed by atoms with Gasteiger partial charge in [0.05, 0.1) is 17.6 Å². The molecular weight excluding hydrogens is 398 g/mol. The van der Waals surface area contributed by atoms with Crippen LogP contribution < -0.4 is 10.1 Å². The highest BCUT2D eigenvalue weighted by molar-refractivity contribution is 6.32. The summed E-state index contributed by atoms with van der Waals surface area (Å²) in [6.07, 6.45) is 0.913. The second-order valence-electron chi connectivity index (χ2n) is 7.12. The number of fused-ring (bicyclic) bond motifs is 1. The first-order chi connectivity index (χ1) is 14.5. The van der Waals surface area contributed by atoms with Crippen molar-refractivity contribution in [1.82, 2.24) is 9.97 Å². The quantitative estimate of drug-likeness (QED) is 0.389. The summed E-state index contributed by atoms with van der Waals surface area (Å²) in [7, 11) is 0. The molecule has 0 atom stereocenters. The van der Waals surface area contributed by atoms with Gasteiger partial charge in [-0.15, -0.1) is 0 Å². The van der Waals surface area contributed by atoms with Gasteiger partial charge in [-0.1, -0.05) is 36.7 Å². The Bertz CT molecular complexity index is 1180. The van der Waals surface area contributed by atoms with Gasteiger partial charge in [0.2, 0.25) is 0 Å². The second kappa shape index (κ2) is 8.59. The number of ether oxygens (including phenoxy) is 1. The van der Waals surface area contributed by atoms with Gasteiger partial charge in [0.1, 0.15) is 11.6 Å². The van der Waals surface area contributed by atoms with Crippen LogP contribution in [0.15, 0.2) is 60.7 Å². The lowest BCUT2D eigenvalue weighted by Crippen LogP contribution is -2.12. The average Bonchev–Trinajstić information content (AvgIpc) is 3.15. The topological polar surface area (TPSA) is 67.0 Å². The lowest BCUT2D eigenvalue weighted by atomic mass is 10.1. The number of H-pyrrole nitrogens is 1. The lowest BCUT2D eigenvalue weighted by molar-refractivity contribution is 0.102. The van der Waals surface area contributed by atoms with Crippen LogP contribution in [0.1, 0.15) is 29.3 Å². The van der Waals surface area contributed by atoms with Gasteiger partial charge < -0.3 is 15.0 Å². The van der Waals surface area contributed by atoms with Crippen molar-refractivity contribution in [3.05, 3.63) is 76.8 Å². The molecule has 4 rings (SSSR count). The number of anilines is 1. The zero-order valence-corrected chi connectivity index (χ0v) is 17.6. The van der Waals surface area contributed by atoms with Crippen molar-refractivity contribution in [2.75, 3.05) is 11.9 Å². The van der Waals surface area contributed by atoms with Crippen molar-refractivity contribution in [2.24, 2.45) is 0 Å². The Kier molecular flexibility index (Phi) is 5.72. The van der Waals surface area contributed by atoms with Gasteiger partial charge in [-0.05, 0) is 61.4 Å². The average molecular weight is 420 g/mol. The van der Waals surface area contributed by atoms with Crippen LogP contribution in [0.4, 0.5) is 5.69 Å². The van der Waals surface area contributed by atoms with Crippen LogP contribution in [0, 0.1) is 6.92 Å². The van der Waals surface area contributed by atoms with Gasteiger partial charge in [0.25, 0.3) is 5.91 Å². The molecule has 0 aliphatic heterocycles. The van der Waals surface area contributed by atoms with E-state index in [1.807, 2.05) is 62.4 Å². The maximum absolute atomic E-state index is 12.7. The predicted molar refractivity (Wildman–Crippen MR) is 121 cm³/mol. The number of carbonyl (C=O) groups is 1. The molecule has 6 heteroatoms. The maximum atomic E-state index is 12.7. The Morgan fingerprint density at radius 1 is 1.13 bits per heavy atom. The number of nitrogens with zero attached hydrogens (tertiary/aromatic N) is 1. The number of aromatic nitrogens is 2. The molecule has 0 radical (unpaired) electrons. The first-order valence-corrected chi connectivity index (χ1v) is 10.2. The van der Waals surface area contributed by atoms with E-state index < -0.39 is 0 Å². The van der Waals surface area contributed by atoms with E-state index in [9.17, 15) is 4.79 Å². The van der Waals surface area contributed by atoms with Crippen LogP contribution >= 0.6 is 11.6 Å². The molecule has 5 nitrogen and oxygen atoms in total. The SMILES string of the molecule is CCCOc1cccc(C(=O)Nc2cccc(-c3nc4cc(Cl)c(C)cc4[nH]3)c2)c1. The first kappa shape index (κ1) is 20.0. The summed E-state index contributed by atoms with van der Waals surface area (Å²) in [6, 6.07) is 18.6. The molecular formula is C24H22ClN3O2. The molecule has 0 aliphatic rings. The number of carbonyl (C=O) groups excluding carboxylic acids is 1. The lowest BCUT2D eigenvalue weighted by Gasteiger charge is -2.09. The monoisotopic (exact) mass is 419 g/mol. The van der Waals surface area contributed by atoms with E-state index in [0.29, 0.717) is 28.6 Å². The van der Waals surface area contributed by atoms with Gasteiger partial charge in [0.15, 0.2) is 0 Å². The van der Waals surface area contributed by atoms with E-state index in [0.717, 1.165) is 34.4 Å². The Balaban J connectivity index is 1.56. The number of hydrogen-bond donors (Lipinski definition) is 2. The van der Waals surface area contributed by atoms with Crippen LogP contribution in [0.25, 0.3) is 22.4 Å². The zero-order valence-electron chi connectivity index (χ0n) is 16.8. The van der Waals surface area contributed by atoms with E-state index >= 15 is 0 Å². The number of halogens is 1. The molecule has 0 aliphatic carbocycles. The smallest absolute Gasteiger partial charge is 0.255 e. The summed E-state index contributed by atoms with van der Waals surface area (Å²) in [6.45, 7) is 4.62. The Hall–Kier alpha value is -3.31. The molecule has 3 aromatic carbocycles. The minimum absolute atomic E-state index is 0.193. The molecule has 4 aromatic rings.